The van der Waals surface area contributed by atoms with E-state index in [2.05, 4.69) is 0 Å². The lowest BCUT2D eigenvalue weighted by Gasteiger charge is -2.24. The highest BCUT2D eigenvalue weighted by molar-refractivity contribution is 5.77. The Balaban J connectivity index is 2.76. The standard InChI is InChI=1S/C15H20F3NO2/c1-11(20)8-9-19(2)14(21)10-13(15(16,17)18)12-6-4-3-5-7-12/h3-7,11,13,20H,8-10H2,1-2H3. The highest BCUT2D eigenvalue weighted by atomic mass is 19.4. The van der Waals surface area contributed by atoms with E-state index in [1.807, 2.05) is 0 Å². The second-order valence-electron chi connectivity index (χ2n) is 5.16. The predicted molar refractivity (Wildman–Crippen MR) is 73.8 cm³/mol. The number of hydrogen-bond acceptors (Lipinski definition) is 2. The third-order valence-corrected chi connectivity index (χ3v) is 3.28. The Kier molecular flexibility index (Phi) is 6.20. The van der Waals surface area contributed by atoms with Crippen LogP contribution >= 0.6 is 0 Å². The lowest BCUT2D eigenvalue weighted by Crippen LogP contribution is -2.33. The molecular weight excluding hydrogens is 283 g/mol. The zero-order chi connectivity index (χ0) is 16.0. The van der Waals surface area contributed by atoms with Gasteiger partial charge in [0, 0.05) is 20.0 Å². The molecule has 1 aromatic carbocycles. The van der Waals surface area contributed by atoms with Gasteiger partial charge in [0.2, 0.25) is 5.91 Å². The van der Waals surface area contributed by atoms with Gasteiger partial charge in [-0.3, -0.25) is 4.79 Å². The zero-order valence-corrected chi connectivity index (χ0v) is 12.1. The normalized spacial score (nSPS) is 14.6. The molecule has 1 rings (SSSR count). The number of hydrogen-bond donors (Lipinski definition) is 1. The van der Waals surface area contributed by atoms with Crippen molar-refractivity contribution in [2.75, 3.05) is 13.6 Å². The fourth-order valence-corrected chi connectivity index (χ4v) is 1.94. The van der Waals surface area contributed by atoms with Crippen molar-refractivity contribution in [2.45, 2.75) is 38.0 Å². The lowest BCUT2D eigenvalue weighted by atomic mass is 9.94. The first-order valence-electron chi connectivity index (χ1n) is 6.75. The molecule has 1 aromatic rings. The van der Waals surface area contributed by atoms with E-state index in [-0.39, 0.29) is 12.1 Å². The Morgan fingerprint density at radius 1 is 1.29 bits per heavy atom. The van der Waals surface area contributed by atoms with Crippen LogP contribution in [0.5, 0.6) is 0 Å². The molecule has 0 aliphatic rings. The molecule has 0 saturated carbocycles. The summed E-state index contributed by atoms with van der Waals surface area (Å²) in [6.45, 7) is 1.80. The van der Waals surface area contributed by atoms with Crippen LogP contribution in [0.15, 0.2) is 30.3 Å². The van der Waals surface area contributed by atoms with Crippen LogP contribution in [-0.2, 0) is 4.79 Å². The topological polar surface area (TPSA) is 40.5 Å². The summed E-state index contributed by atoms with van der Waals surface area (Å²) in [7, 11) is 1.45. The summed E-state index contributed by atoms with van der Waals surface area (Å²) in [6.07, 6.45) is -5.34. The number of carbonyl (C=O) groups is 1. The van der Waals surface area contributed by atoms with E-state index in [4.69, 9.17) is 5.11 Å². The van der Waals surface area contributed by atoms with Gasteiger partial charge in [-0.15, -0.1) is 0 Å². The molecule has 0 bridgehead atoms. The van der Waals surface area contributed by atoms with Gasteiger partial charge in [-0.2, -0.15) is 13.2 Å². The molecule has 6 heteroatoms. The van der Waals surface area contributed by atoms with Crippen molar-refractivity contribution in [3.8, 4) is 0 Å². The maximum Gasteiger partial charge on any atom is 0.396 e. The third kappa shape index (κ3) is 5.75. The molecule has 3 nitrogen and oxygen atoms in total. The van der Waals surface area contributed by atoms with Gasteiger partial charge in [-0.05, 0) is 18.9 Å². The summed E-state index contributed by atoms with van der Waals surface area (Å²) in [4.78, 5) is 13.2. The largest absolute Gasteiger partial charge is 0.396 e. The maximum atomic E-state index is 13.1. The Bertz CT molecular complexity index is 446. The number of aliphatic hydroxyl groups is 1. The first-order chi connectivity index (χ1) is 9.71. The SMILES string of the molecule is CC(O)CCN(C)C(=O)CC(c1ccccc1)C(F)(F)F. The number of halogens is 3. The van der Waals surface area contributed by atoms with Gasteiger partial charge in [0.25, 0.3) is 0 Å². The minimum Gasteiger partial charge on any atom is -0.393 e. The number of carbonyl (C=O) groups excluding carboxylic acids is 1. The Morgan fingerprint density at radius 2 is 1.86 bits per heavy atom. The number of amides is 1. The van der Waals surface area contributed by atoms with Crippen LogP contribution in [0.4, 0.5) is 13.2 Å². The van der Waals surface area contributed by atoms with Crippen molar-refractivity contribution in [1.29, 1.82) is 0 Å². The van der Waals surface area contributed by atoms with Crippen molar-refractivity contribution in [1.82, 2.24) is 4.90 Å². The van der Waals surface area contributed by atoms with Gasteiger partial charge in [-0.25, -0.2) is 0 Å². The second-order valence-corrected chi connectivity index (χ2v) is 5.16. The first-order valence-corrected chi connectivity index (χ1v) is 6.75. The van der Waals surface area contributed by atoms with E-state index in [1.54, 1.807) is 13.0 Å². The minimum atomic E-state index is -4.47. The molecule has 0 fully saturated rings. The summed E-state index contributed by atoms with van der Waals surface area (Å²) in [5.41, 5.74) is 0.0854. The van der Waals surface area contributed by atoms with Crippen LogP contribution in [0.1, 0.15) is 31.2 Å². The summed E-state index contributed by atoms with van der Waals surface area (Å²) >= 11 is 0. The number of alkyl halides is 3. The van der Waals surface area contributed by atoms with Crippen molar-refractivity contribution >= 4 is 5.91 Å². The molecule has 118 valence electrons. The summed E-state index contributed by atoms with van der Waals surface area (Å²) in [5.74, 6) is -2.39. The molecule has 0 aliphatic heterocycles. The van der Waals surface area contributed by atoms with Crippen LogP contribution in [0.3, 0.4) is 0 Å². The average molecular weight is 303 g/mol. The molecule has 0 heterocycles. The van der Waals surface area contributed by atoms with Gasteiger partial charge in [0.1, 0.15) is 0 Å². The molecule has 0 aromatic heterocycles. The lowest BCUT2D eigenvalue weighted by molar-refractivity contribution is -0.160. The van der Waals surface area contributed by atoms with Gasteiger partial charge in [-0.1, -0.05) is 30.3 Å². The van der Waals surface area contributed by atoms with Crippen molar-refractivity contribution in [3.63, 3.8) is 0 Å². The second kappa shape index (κ2) is 7.45. The van der Waals surface area contributed by atoms with Crippen molar-refractivity contribution in [2.24, 2.45) is 0 Å². The minimum absolute atomic E-state index is 0.0854. The van der Waals surface area contributed by atoms with E-state index in [0.717, 1.165) is 0 Å². The van der Waals surface area contributed by atoms with E-state index < -0.39 is 30.5 Å². The first kappa shape index (κ1) is 17.5. The third-order valence-electron chi connectivity index (χ3n) is 3.28. The molecule has 21 heavy (non-hydrogen) atoms. The fourth-order valence-electron chi connectivity index (χ4n) is 1.94. The summed E-state index contributed by atoms with van der Waals surface area (Å²) in [5, 5.41) is 9.15. The monoisotopic (exact) mass is 303 g/mol. The molecule has 0 aliphatic carbocycles. The maximum absolute atomic E-state index is 13.1. The highest BCUT2D eigenvalue weighted by Crippen LogP contribution is 2.37. The predicted octanol–water partition coefficient (Wildman–Crippen LogP) is 2.95. The number of aliphatic hydroxyl groups excluding tert-OH is 1. The molecule has 2 unspecified atom stereocenters. The smallest absolute Gasteiger partial charge is 0.393 e. The van der Waals surface area contributed by atoms with Gasteiger partial charge in [0.15, 0.2) is 0 Å². The fraction of sp³-hybridized carbons (Fsp3) is 0.533. The van der Waals surface area contributed by atoms with Crippen LogP contribution in [0, 0.1) is 0 Å². The van der Waals surface area contributed by atoms with E-state index in [0.29, 0.717) is 6.42 Å². The average Bonchev–Trinajstić information content (AvgIpc) is 2.41. The Morgan fingerprint density at radius 3 is 2.33 bits per heavy atom. The molecule has 0 spiro atoms. The van der Waals surface area contributed by atoms with Crippen molar-refractivity contribution in [3.05, 3.63) is 35.9 Å². The Labute approximate surface area is 122 Å². The van der Waals surface area contributed by atoms with E-state index in [1.165, 1.54) is 36.2 Å². The van der Waals surface area contributed by atoms with Crippen molar-refractivity contribution < 1.29 is 23.1 Å². The number of rotatable bonds is 6. The summed E-state index contributed by atoms with van der Waals surface area (Å²) < 4.78 is 39.4. The molecule has 0 saturated heterocycles. The molecule has 1 N–H and O–H groups in total. The quantitative estimate of drug-likeness (QED) is 0.878. The zero-order valence-electron chi connectivity index (χ0n) is 12.1. The van der Waals surface area contributed by atoms with Crippen LogP contribution < -0.4 is 0 Å². The van der Waals surface area contributed by atoms with Crippen LogP contribution in [0.25, 0.3) is 0 Å². The molecule has 2 atom stereocenters. The summed E-state index contributed by atoms with van der Waals surface area (Å²) in [6, 6.07) is 7.43. The van der Waals surface area contributed by atoms with E-state index >= 15 is 0 Å². The number of benzene rings is 1. The molecule has 1 amide bonds. The molecule has 0 radical (unpaired) electrons. The molecular formula is C15H20F3NO2. The number of nitrogens with zero attached hydrogens (tertiary/aromatic N) is 1. The van der Waals surface area contributed by atoms with Gasteiger partial charge < -0.3 is 10.0 Å². The van der Waals surface area contributed by atoms with Gasteiger partial charge in [0.05, 0.1) is 12.0 Å². The highest BCUT2D eigenvalue weighted by Gasteiger charge is 2.42. The Hall–Kier alpha value is -1.56. The van der Waals surface area contributed by atoms with E-state index in [9.17, 15) is 18.0 Å². The van der Waals surface area contributed by atoms with Crippen LogP contribution in [-0.4, -0.2) is 41.8 Å². The van der Waals surface area contributed by atoms with Gasteiger partial charge >= 0.3 is 6.18 Å². The van der Waals surface area contributed by atoms with Crippen LogP contribution in [0.2, 0.25) is 0 Å².